The molecule has 1 aliphatic carbocycles. The van der Waals surface area contributed by atoms with Gasteiger partial charge in [-0.2, -0.15) is 13.2 Å². The highest BCUT2D eigenvalue weighted by molar-refractivity contribution is 6.05. The quantitative estimate of drug-likeness (QED) is 0.313. The maximum atomic E-state index is 13.5. The van der Waals surface area contributed by atoms with Gasteiger partial charge in [0, 0.05) is 40.3 Å². The van der Waals surface area contributed by atoms with Crippen molar-refractivity contribution in [3.05, 3.63) is 64.2 Å². The van der Waals surface area contributed by atoms with E-state index in [4.69, 9.17) is 9.15 Å². The third-order valence-electron chi connectivity index (χ3n) is 6.03. The van der Waals surface area contributed by atoms with E-state index in [0.29, 0.717) is 35.6 Å². The Labute approximate surface area is 194 Å². The van der Waals surface area contributed by atoms with Gasteiger partial charge >= 0.3 is 6.18 Å². The van der Waals surface area contributed by atoms with Crippen molar-refractivity contribution in [2.45, 2.75) is 52.6 Å². The molecular weight excluding hydrogens is 450 g/mol. The molecule has 0 bridgehead atoms. The molecule has 8 heteroatoms. The molecule has 0 atom stereocenters. The van der Waals surface area contributed by atoms with Crippen LogP contribution in [-0.4, -0.2) is 12.5 Å². The molecule has 1 heterocycles. The fourth-order valence-electron chi connectivity index (χ4n) is 4.43. The summed E-state index contributed by atoms with van der Waals surface area (Å²) in [5.41, 5.74) is 2.50. The van der Waals surface area contributed by atoms with Gasteiger partial charge in [-0.25, -0.2) is 4.39 Å². The van der Waals surface area contributed by atoms with Crippen molar-refractivity contribution in [3.8, 4) is 5.75 Å². The molecule has 2 aromatic carbocycles. The molecule has 0 saturated carbocycles. The van der Waals surface area contributed by atoms with Crippen LogP contribution in [0.1, 0.15) is 54.7 Å². The van der Waals surface area contributed by atoms with Crippen molar-refractivity contribution < 1.29 is 31.5 Å². The Morgan fingerprint density at radius 2 is 1.94 bits per heavy atom. The number of alkyl halides is 3. The van der Waals surface area contributed by atoms with Crippen LogP contribution in [0.2, 0.25) is 0 Å². The lowest BCUT2D eigenvalue weighted by atomic mass is 9.93. The molecule has 1 aromatic heterocycles. The van der Waals surface area contributed by atoms with E-state index in [2.05, 4.69) is 5.32 Å². The van der Waals surface area contributed by atoms with E-state index >= 15 is 0 Å². The smallest absolute Gasteiger partial charge is 0.419 e. The third-order valence-corrected chi connectivity index (χ3v) is 6.03. The van der Waals surface area contributed by atoms with E-state index in [1.54, 1.807) is 6.92 Å². The molecule has 34 heavy (non-hydrogen) atoms. The van der Waals surface area contributed by atoms with E-state index < -0.39 is 23.5 Å². The minimum absolute atomic E-state index is 0.150. The van der Waals surface area contributed by atoms with Crippen LogP contribution in [-0.2, 0) is 23.8 Å². The number of ether oxygens (including phenoxy) is 1. The first kappa shape index (κ1) is 23.9. The number of allylic oxidation sites excluding steroid dienone is 1. The number of hydrogen-bond acceptors (Lipinski definition) is 3. The first-order chi connectivity index (χ1) is 16.1. The highest BCUT2D eigenvalue weighted by atomic mass is 19.4. The summed E-state index contributed by atoms with van der Waals surface area (Å²) in [4.78, 5) is 12.6. The van der Waals surface area contributed by atoms with E-state index in [1.165, 1.54) is 11.6 Å². The molecule has 1 aliphatic rings. The molecule has 3 aromatic rings. The van der Waals surface area contributed by atoms with Crippen LogP contribution >= 0.6 is 0 Å². The lowest BCUT2D eigenvalue weighted by Crippen LogP contribution is -2.12. The average Bonchev–Trinajstić information content (AvgIpc) is 3.15. The Morgan fingerprint density at radius 1 is 1.21 bits per heavy atom. The normalized spacial score (nSPS) is 14.3. The number of amides is 1. The van der Waals surface area contributed by atoms with Crippen molar-refractivity contribution in [2.24, 2.45) is 0 Å². The molecule has 0 fully saturated rings. The van der Waals surface area contributed by atoms with Gasteiger partial charge in [-0.15, -0.1) is 0 Å². The van der Waals surface area contributed by atoms with Gasteiger partial charge in [-0.1, -0.05) is 0 Å². The van der Waals surface area contributed by atoms with Gasteiger partial charge in [0.05, 0.1) is 12.2 Å². The van der Waals surface area contributed by atoms with E-state index in [1.807, 2.05) is 19.9 Å². The first-order valence-electron chi connectivity index (χ1n) is 11.2. The number of halogens is 4. The van der Waals surface area contributed by atoms with Crippen LogP contribution in [0.15, 0.2) is 34.8 Å². The van der Waals surface area contributed by atoms with Crippen molar-refractivity contribution in [1.82, 2.24) is 0 Å². The molecule has 1 N–H and O–H groups in total. The molecule has 0 radical (unpaired) electrons. The topological polar surface area (TPSA) is 51.5 Å². The van der Waals surface area contributed by atoms with Gasteiger partial charge in [-0.3, -0.25) is 4.79 Å². The Hall–Kier alpha value is -3.29. The second-order valence-electron chi connectivity index (χ2n) is 8.41. The zero-order valence-electron chi connectivity index (χ0n) is 19.2. The average molecular weight is 475 g/mol. The second kappa shape index (κ2) is 9.16. The lowest BCUT2D eigenvalue weighted by molar-refractivity contribution is -0.140. The third kappa shape index (κ3) is 4.54. The van der Waals surface area contributed by atoms with Crippen LogP contribution < -0.4 is 10.1 Å². The molecule has 0 spiro atoms. The highest BCUT2D eigenvalue weighted by Gasteiger charge is 2.34. The second-order valence-corrected chi connectivity index (χ2v) is 8.41. The molecular formula is C26H25F4NO3. The number of carbonyl (C=O) groups is 1. The lowest BCUT2D eigenvalue weighted by Gasteiger charge is -2.15. The van der Waals surface area contributed by atoms with Crippen molar-refractivity contribution >= 4 is 28.1 Å². The number of hydrogen-bond donors (Lipinski definition) is 1. The summed E-state index contributed by atoms with van der Waals surface area (Å²) in [6, 6.07) is 4.31. The van der Waals surface area contributed by atoms with Crippen LogP contribution in [0, 0.1) is 12.7 Å². The number of rotatable bonds is 5. The number of anilines is 1. The van der Waals surface area contributed by atoms with E-state index in [9.17, 15) is 22.4 Å². The zero-order valence-corrected chi connectivity index (χ0v) is 19.2. The van der Waals surface area contributed by atoms with Crippen LogP contribution in [0.5, 0.6) is 5.75 Å². The monoisotopic (exact) mass is 475 g/mol. The van der Waals surface area contributed by atoms with E-state index in [-0.39, 0.29) is 5.69 Å². The number of carbonyl (C=O) groups excluding carboxylic acids is 1. The molecule has 0 saturated heterocycles. The Bertz CT molecular complexity index is 1290. The van der Waals surface area contributed by atoms with Crippen molar-refractivity contribution in [3.63, 3.8) is 0 Å². The largest absolute Gasteiger partial charge is 0.493 e. The summed E-state index contributed by atoms with van der Waals surface area (Å²) in [5, 5.41) is 3.38. The summed E-state index contributed by atoms with van der Waals surface area (Å²) in [5.74, 6) is -0.443. The van der Waals surface area contributed by atoms with E-state index in [0.717, 1.165) is 54.0 Å². The number of benzene rings is 2. The maximum Gasteiger partial charge on any atom is 0.419 e. The number of furan rings is 1. The number of fused-ring (bicyclic) bond motifs is 3. The molecule has 0 unspecified atom stereocenters. The van der Waals surface area contributed by atoms with Crippen LogP contribution in [0.4, 0.5) is 23.2 Å². The van der Waals surface area contributed by atoms with Gasteiger partial charge in [-0.05, 0) is 69.9 Å². The minimum Gasteiger partial charge on any atom is -0.493 e. The summed E-state index contributed by atoms with van der Waals surface area (Å²) in [7, 11) is 0. The van der Waals surface area contributed by atoms with Gasteiger partial charge in [0.1, 0.15) is 22.9 Å². The zero-order chi connectivity index (χ0) is 24.6. The number of aryl methyl sites for hydroxylation is 3. The van der Waals surface area contributed by atoms with Gasteiger partial charge in [0.25, 0.3) is 0 Å². The molecule has 4 rings (SSSR count). The summed E-state index contributed by atoms with van der Waals surface area (Å²) in [6.45, 7) is 5.92. The molecule has 4 nitrogen and oxygen atoms in total. The predicted octanol–water partition coefficient (Wildman–Crippen LogP) is 7.22. The fraction of sp³-hybridized carbons (Fsp3) is 0.346. The standard InChI is InChI=1S/C26H25F4NO3/c1-4-33-24-15(3)25-19(17-7-5-6-8-22(17)34-25)13-18(24)14(2)11-23(32)31-16-9-10-21(27)20(12-16)26(28,29)30/h9-13H,4-8H2,1-3H3,(H,31,32)/b14-11+. The van der Waals surface area contributed by atoms with Gasteiger partial charge < -0.3 is 14.5 Å². The summed E-state index contributed by atoms with van der Waals surface area (Å²) >= 11 is 0. The maximum absolute atomic E-state index is 13.5. The number of nitrogens with one attached hydrogen (secondary N) is 1. The van der Waals surface area contributed by atoms with Gasteiger partial charge in [0.15, 0.2) is 0 Å². The van der Waals surface area contributed by atoms with Crippen LogP contribution in [0.3, 0.4) is 0 Å². The summed E-state index contributed by atoms with van der Waals surface area (Å²) in [6.07, 6.45) is 0.404. The Kier molecular flexibility index (Phi) is 6.43. The van der Waals surface area contributed by atoms with Gasteiger partial charge in [0.2, 0.25) is 5.91 Å². The SMILES string of the molecule is CCOc1c(/C(C)=C/C(=O)Nc2ccc(F)c(C(F)(F)F)c2)cc2c3c(oc2c1C)CCCC3. The minimum atomic E-state index is -4.86. The van der Waals surface area contributed by atoms with Crippen LogP contribution in [0.25, 0.3) is 16.5 Å². The molecule has 1 amide bonds. The highest BCUT2D eigenvalue weighted by Crippen LogP contribution is 2.41. The van der Waals surface area contributed by atoms with Crippen molar-refractivity contribution in [1.29, 1.82) is 0 Å². The fourth-order valence-corrected chi connectivity index (χ4v) is 4.43. The summed E-state index contributed by atoms with van der Waals surface area (Å²) < 4.78 is 64.6. The first-order valence-corrected chi connectivity index (χ1v) is 11.2. The molecule has 0 aliphatic heterocycles. The Morgan fingerprint density at radius 3 is 2.65 bits per heavy atom. The predicted molar refractivity (Wildman–Crippen MR) is 122 cm³/mol. The van der Waals surface area contributed by atoms with Crippen molar-refractivity contribution in [2.75, 3.05) is 11.9 Å². The molecule has 180 valence electrons. The Balaban J connectivity index is 1.70.